The molecule has 0 atom stereocenters. The molecule has 0 fully saturated rings. The fourth-order valence-electron chi connectivity index (χ4n) is 2.03. The molecule has 0 saturated carbocycles. The van der Waals surface area contributed by atoms with Crippen molar-refractivity contribution in [2.24, 2.45) is 0 Å². The van der Waals surface area contributed by atoms with Crippen LogP contribution < -0.4 is 5.46 Å². The third-order valence-corrected chi connectivity index (χ3v) is 3.05. The van der Waals surface area contributed by atoms with E-state index in [2.05, 4.69) is 32.6 Å². The van der Waals surface area contributed by atoms with Gasteiger partial charge in [0.15, 0.2) is 0 Å². The molecule has 0 aliphatic rings. The van der Waals surface area contributed by atoms with Crippen LogP contribution in [0.15, 0.2) is 18.2 Å². The van der Waals surface area contributed by atoms with Crippen molar-refractivity contribution >= 4 is 12.6 Å². The van der Waals surface area contributed by atoms with Crippen LogP contribution in [-0.2, 0) is 6.54 Å². The monoisotopic (exact) mass is 253 g/mol. The van der Waals surface area contributed by atoms with Crippen molar-refractivity contribution in [3.8, 4) is 0 Å². The first-order chi connectivity index (χ1) is 8.32. The minimum absolute atomic E-state index is 0.298. The first kappa shape index (κ1) is 15.2. The summed E-state index contributed by atoms with van der Waals surface area (Å²) in [6.45, 7) is 8.69. The molecule has 0 amide bonds. The first-order valence-corrected chi connectivity index (χ1v) is 6.23. The van der Waals surface area contributed by atoms with Gasteiger partial charge in [-0.1, -0.05) is 12.1 Å². The lowest BCUT2D eigenvalue weighted by atomic mass is 9.79. The van der Waals surface area contributed by atoms with Gasteiger partial charge in [0.05, 0.1) is 0 Å². The van der Waals surface area contributed by atoms with Crippen LogP contribution in [0.2, 0.25) is 0 Å². The largest absolute Gasteiger partial charge is 0.488 e. The minimum atomic E-state index is -1.56. The van der Waals surface area contributed by atoms with Gasteiger partial charge in [-0.25, -0.2) is 4.39 Å². The van der Waals surface area contributed by atoms with Crippen molar-refractivity contribution in [2.45, 2.75) is 46.3 Å². The van der Waals surface area contributed by atoms with Crippen LogP contribution in [0.1, 0.15) is 33.3 Å². The molecule has 0 bridgehead atoms. The summed E-state index contributed by atoms with van der Waals surface area (Å²) in [6, 6.07) is 4.78. The average molecular weight is 253 g/mol. The van der Waals surface area contributed by atoms with E-state index in [0.717, 1.165) is 0 Å². The van der Waals surface area contributed by atoms with Gasteiger partial charge < -0.3 is 10.0 Å². The molecule has 1 aromatic carbocycles. The summed E-state index contributed by atoms with van der Waals surface area (Å²) in [6.07, 6.45) is 0. The molecule has 1 rings (SSSR count). The van der Waals surface area contributed by atoms with E-state index in [1.807, 2.05) is 0 Å². The van der Waals surface area contributed by atoms with Crippen LogP contribution in [0.5, 0.6) is 0 Å². The second-order valence-corrected chi connectivity index (χ2v) is 5.08. The van der Waals surface area contributed by atoms with E-state index in [1.165, 1.54) is 18.2 Å². The molecule has 0 radical (unpaired) electrons. The second-order valence-electron chi connectivity index (χ2n) is 5.08. The Morgan fingerprint density at radius 1 is 1.17 bits per heavy atom. The van der Waals surface area contributed by atoms with E-state index in [1.54, 1.807) is 0 Å². The van der Waals surface area contributed by atoms with Crippen molar-refractivity contribution in [1.82, 2.24) is 4.90 Å². The van der Waals surface area contributed by atoms with E-state index in [-0.39, 0.29) is 5.82 Å². The van der Waals surface area contributed by atoms with Gasteiger partial charge in [0, 0.05) is 24.2 Å². The number of benzene rings is 1. The zero-order valence-corrected chi connectivity index (χ0v) is 11.4. The molecule has 0 spiro atoms. The lowest BCUT2D eigenvalue weighted by Gasteiger charge is -2.30. The Hall–Kier alpha value is -0.905. The summed E-state index contributed by atoms with van der Waals surface area (Å²) in [5, 5.41) is 18.2. The summed E-state index contributed by atoms with van der Waals surface area (Å²) >= 11 is 0. The SMILES string of the molecule is CC(C)N(Cc1cc(B(O)O)ccc1F)C(C)C. The quantitative estimate of drug-likeness (QED) is 0.773. The Morgan fingerprint density at radius 2 is 1.72 bits per heavy atom. The van der Waals surface area contributed by atoms with Gasteiger partial charge >= 0.3 is 7.12 Å². The van der Waals surface area contributed by atoms with Crippen LogP contribution in [0.25, 0.3) is 0 Å². The summed E-state index contributed by atoms with van der Waals surface area (Å²) in [5.74, 6) is -0.314. The van der Waals surface area contributed by atoms with Crippen molar-refractivity contribution in [1.29, 1.82) is 0 Å². The van der Waals surface area contributed by atoms with Crippen molar-refractivity contribution < 1.29 is 14.4 Å². The molecule has 5 heteroatoms. The third-order valence-electron chi connectivity index (χ3n) is 3.05. The molecule has 0 aliphatic heterocycles. The molecule has 0 aromatic heterocycles. The Kier molecular flexibility index (Phi) is 5.32. The van der Waals surface area contributed by atoms with Crippen molar-refractivity contribution in [3.63, 3.8) is 0 Å². The standard InChI is InChI=1S/C13H21BFNO2/c1-9(2)16(10(3)4)8-11-7-12(14(17)18)5-6-13(11)15/h5-7,9-10,17-18H,8H2,1-4H3. The van der Waals surface area contributed by atoms with E-state index in [0.29, 0.717) is 29.7 Å². The molecular weight excluding hydrogens is 232 g/mol. The summed E-state index contributed by atoms with van der Waals surface area (Å²) < 4.78 is 13.7. The number of nitrogens with zero attached hydrogens (tertiary/aromatic N) is 1. The zero-order chi connectivity index (χ0) is 13.9. The first-order valence-electron chi connectivity index (χ1n) is 6.23. The van der Waals surface area contributed by atoms with E-state index in [4.69, 9.17) is 10.0 Å². The highest BCUT2D eigenvalue weighted by molar-refractivity contribution is 6.58. The predicted molar refractivity (Wildman–Crippen MR) is 72.0 cm³/mol. The van der Waals surface area contributed by atoms with Crippen LogP contribution >= 0.6 is 0 Å². The van der Waals surface area contributed by atoms with Gasteiger partial charge in [-0.05, 0) is 39.2 Å². The minimum Gasteiger partial charge on any atom is -0.423 e. The van der Waals surface area contributed by atoms with Crippen LogP contribution in [0.3, 0.4) is 0 Å². The van der Waals surface area contributed by atoms with Gasteiger partial charge in [-0.3, -0.25) is 4.90 Å². The molecule has 0 unspecified atom stereocenters. The topological polar surface area (TPSA) is 43.7 Å². The molecular formula is C13H21BFNO2. The molecule has 18 heavy (non-hydrogen) atoms. The van der Waals surface area contributed by atoms with Crippen LogP contribution in [-0.4, -0.2) is 34.2 Å². The van der Waals surface area contributed by atoms with Crippen molar-refractivity contribution in [2.75, 3.05) is 0 Å². The maximum absolute atomic E-state index is 13.7. The molecule has 1 aromatic rings. The fraction of sp³-hybridized carbons (Fsp3) is 0.538. The van der Waals surface area contributed by atoms with E-state index < -0.39 is 7.12 Å². The zero-order valence-electron chi connectivity index (χ0n) is 11.4. The van der Waals surface area contributed by atoms with Gasteiger partial charge in [0.2, 0.25) is 0 Å². The number of hydrogen-bond donors (Lipinski definition) is 2. The summed E-state index contributed by atoms with van der Waals surface area (Å²) in [4.78, 5) is 2.14. The Morgan fingerprint density at radius 3 is 2.17 bits per heavy atom. The Bertz CT molecular complexity index is 389. The molecule has 100 valence electrons. The highest BCUT2D eigenvalue weighted by atomic mass is 19.1. The van der Waals surface area contributed by atoms with Crippen LogP contribution in [0.4, 0.5) is 4.39 Å². The highest BCUT2D eigenvalue weighted by Crippen LogP contribution is 2.14. The predicted octanol–water partition coefficient (Wildman–Crippen LogP) is 1.12. The van der Waals surface area contributed by atoms with Crippen molar-refractivity contribution in [3.05, 3.63) is 29.6 Å². The smallest absolute Gasteiger partial charge is 0.423 e. The summed E-state index contributed by atoms with van der Waals surface area (Å²) in [7, 11) is -1.56. The number of hydrogen-bond acceptors (Lipinski definition) is 3. The van der Waals surface area contributed by atoms with Gasteiger partial charge in [0.1, 0.15) is 5.82 Å². The van der Waals surface area contributed by atoms with E-state index in [9.17, 15) is 4.39 Å². The average Bonchev–Trinajstić information content (AvgIpc) is 2.26. The molecule has 0 heterocycles. The molecule has 0 saturated heterocycles. The van der Waals surface area contributed by atoms with Gasteiger partial charge in [-0.15, -0.1) is 0 Å². The molecule has 2 N–H and O–H groups in total. The summed E-state index contributed by atoms with van der Waals surface area (Å²) in [5.41, 5.74) is 0.807. The number of rotatable bonds is 5. The number of halogens is 1. The highest BCUT2D eigenvalue weighted by Gasteiger charge is 2.18. The van der Waals surface area contributed by atoms with Gasteiger partial charge in [0.25, 0.3) is 0 Å². The normalized spacial score (nSPS) is 11.7. The second kappa shape index (κ2) is 6.32. The Balaban J connectivity index is 2.98. The van der Waals surface area contributed by atoms with Gasteiger partial charge in [-0.2, -0.15) is 0 Å². The maximum atomic E-state index is 13.7. The third kappa shape index (κ3) is 3.80. The maximum Gasteiger partial charge on any atom is 0.488 e. The molecule has 3 nitrogen and oxygen atoms in total. The lowest BCUT2D eigenvalue weighted by molar-refractivity contribution is 0.164. The molecule has 0 aliphatic carbocycles. The van der Waals surface area contributed by atoms with E-state index >= 15 is 0 Å². The fourth-order valence-corrected chi connectivity index (χ4v) is 2.03. The Labute approximate surface area is 108 Å². The lowest BCUT2D eigenvalue weighted by Crippen LogP contribution is -2.37. The van der Waals surface area contributed by atoms with Crippen LogP contribution in [0, 0.1) is 5.82 Å².